The highest BCUT2D eigenvalue weighted by Crippen LogP contribution is 2.43. The Morgan fingerprint density at radius 3 is 1.60 bits per heavy atom. The topological polar surface area (TPSA) is 35.6 Å². The van der Waals surface area contributed by atoms with Gasteiger partial charge in [0.1, 0.15) is 0 Å². The van der Waals surface area contributed by atoms with Crippen molar-refractivity contribution in [3.05, 3.63) is 182 Å². The molecule has 0 unspecified atom stereocenters. The zero-order valence-electron chi connectivity index (χ0n) is 28.1. The van der Waals surface area contributed by atoms with Crippen molar-refractivity contribution >= 4 is 65.4 Å². The second-order valence-corrected chi connectivity index (χ2v) is 13.4. The lowest BCUT2D eigenvalue weighted by Gasteiger charge is -2.13. The van der Waals surface area contributed by atoms with Gasteiger partial charge < -0.3 is 9.13 Å². The van der Waals surface area contributed by atoms with Gasteiger partial charge in [0.2, 0.25) is 0 Å². The van der Waals surface area contributed by atoms with Crippen LogP contribution in [-0.4, -0.2) is 19.1 Å². The summed E-state index contributed by atoms with van der Waals surface area (Å²) in [5.41, 5.74) is 12.6. The molecule has 3 heterocycles. The molecular weight excluding hydrogens is 633 g/mol. The number of aromatic nitrogens is 4. The second-order valence-electron chi connectivity index (χ2n) is 13.4. The van der Waals surface area contributed by atoms with Crippen molar-refractivity contribution in [2.24, 2.45) is 0 Å². The van der Waals surface area contributed by atoms with E-state index in [9.17, 15) is 0 Å². The van der Waals surface area contributed by atoms with Crippen LogP contribution in [0.4, 0.5) is 0 Å². The van der Waals surface area contributed by atoms with Crippen molar-refractivity contribution in [3.63, 3.8) is 0 Å². The molecule has 4 nitrogen and oxygen atoms in total. The average Bonchev–Trinajstić information content (AvgIpc) is 3.73. The Morgan fingerprint density at radius 1 is 0.346 bits per heavy atom. The van der Waals surface area contributed by atoms with Crippen LogP contribution < -0.4 is 0 Å². The van der Waals surface area contributed by atoms with E-state index in [4.69, 9.17) is 9.97 Å². The summed E-state index contributed by atoms with van der Waals surface area (Å²) >= 11 is 0. The Morgan fingerprint density at radius 2 is 0.865 bits per heavy atom. The largest absolute Gasteiger partial charge is 0.309 e. The molecule has 0 spiro atoms. The molecule has 11 rings (SSSR count). The maximum absolute atomic E-state index is 5.22. The molecule has 8 aromatic carbocycles. The lowest BCUT2D eigenvalue weighted by molar-refractivity contribution is 1.17. The van der Waals surface area contributed by atoms with Gasteiger partial charge >= 0.3 is 0 Å². The summed E-state index contributed by atoms with van der Waals surface area (Å²) in [6.45, 7) is 0. The SMILES string of the molecule is c1ccc(-c2nc3ccccc3nc2-c2cccc(-n3c4ccccc4c4c5c6ccccc6n(-c6cccc7ccccc67)c5ccc43)c2)cc1. The van der Waals surface area contributed by atoms with E-state index in [1.54, 1.807) is 0 Å². The highest BCUT2D eigenvalue weighted by atomic mass is 15.0. The minimum absolute atomic E-state index is 0.869. The fourth-order valence-corrected chi connectivity index (χ4v) is 8.25. The van der Waals surface area contributed by atoms with E-state index in [1.165, 1.54) is 54.6 Å². The standard InChI is InChI=1S/C48H30N4/c1-2-15-32(16-3-1)47-48(50-39-24-9-8-23-38(39)49-47)33-18-12-19-34(30-33)51-41-25-10-6-21-36(41)45-43(51)28-29-44-46(45)37-22-7-11-26-42(37)52(44)40-27-13-17-31-14-4-5-20-35(31)40/h1-30H. The van der Waals surface area contributed by atoms with Gasteiger partial charge in [0.15, 0.2) is 0 Å². The van der Waals surface area contributed by atoms with Crippen LogP contribution in [-0.2, 0) is 0 Å². The molecule has 0 fully saturated rings. The fourth-order valence-electron chi connectivity index (χ4n) is 8.25. The molecule has 11 aromatic rings. The minimum atomic E-state index is 0.869. The van der Waals surface area contributed by atoms with Crippen molar-refractivity contribution in [1.29, 1.82) is 0 Å². The quantitative estimate of drug-likeness (QED) is 0.188. The first kappa shape index (κ1) is 28.8. The van der Waals surface area contributed by atoms with Crippen molar-refractivity contribution in [2.75, 3.05) is 0 Å². The molecule has 0 radical (unpaired) electrons. The van der Waals surface area contributed by atoms with Crippen LogP contribution >= 0.6 is 0 Å². The molecular formula is C48H30N4. The molecule has 0 bridgehead atoms. The van der Waals surface area contributed by atoms with Crippen LogP contribution in [0, 0.1) is 0 Å². The zero-order chi connectivity index (χ0) is 34.2. The van der Waals surface area contributed by atoms with Gasteiger partial charge in [-0.2, -0.15) is 0 Å². The molecule has 0 amide bonds. The Balaban J connectivity index is 1.20. The number of para-hydroxylation sites is 4. The van der Waals surface area contributed by atoms with Gasteiger partial charge in [-0.25, -0.2) is 9.97 Å². The van der Waals surface area contributed by atoms with Gasteiger partial charge in [-0.1, -0.05) is 127 Å². The number of fused-ring (bicyclic) bond motifs is 9. The van der Waals surface area contributed by atoms with Gasteiger partial charge in [-0.3, -0.25) is 0 Å². The van der Waals surface area contributed by atoms with Crippen LogP contribution in [0.5, 0.6) is 0 Å². The summed E-state index contributed by atoms with van der Waals surface area (Å²) in [4.78, 5) is 10.4. The number of hydrogen-bond acceptors (Lipinski definition) is 2. The molecule has 242 valence electrons. The molecule has 0 aliphatic heterocycles. The van der Waals surface area contributed by atoms with Crippen molar-refractivity contribution in [2.45, 2.75) is 0 Å². The second kappa shape index (κ2) is 11.2. The van der Waals surface area contributed by atoms with E-state index in [-0.39, 0.29) is 0 Å². The predicted octanol–water partition coefficient (Wildman–Crippen LogP) is 12.3. The van der Waals surface area contributed by atoms with Crippen LogP contribution in [0.2, 0.25) is 0 Å². The monoisotopic (exact) mass is 662 g/mol. The smallest absolute Gasteiger partial charge is 0.0973 e. The third-order valence-corrected chi connectivity index (χ3v) is 10.5. The summed E-state index contributed by atoms with van der Waals surface area (Å²) in [6.07, 6.45) is 0. The molecule has 0 aliphatic rings. The Hall–Kier alpha value is -7.04. The highest BCUT2D eigenvalue weighted by Gasteiger charge is 2.22. The minimum Gasteiger partial charge on any atom is -0.309 e. The van der Waals surface area contributed by atoms with Gasteiger partial charge in [0.25, 0.3) is 0 Å². The fraction of sp³-hybridized carbons (Fsp3) is 0. The number of hydrogen-bond donors (Lipinski definition) is 0. The van der Waals surface area contributed by atoms with Gasteiger partial charge in [-0.15, -0.1) is 0 Å². The number of rotatable bonds is 4. The summed E-state index contributed by atoms with van der Waals surface area (Å²) in [5.74, 6) is 0. The molecule has 0 saturated carbocycles. The van der Waals surface area contributed by atoms with Crippen LogP contribution in [0.3, 0.4) is 0 Å². The molecule has 0 aliphatic carbocycles. The lowest BCUT2D eigenvalue weighted by atomic mass is 10.0. The van der Waals surface area contributed by atoms with Gasteiger partial charge in [0, 0.05) is 43.7 Å². The van der Waals surface area contributed by atoms with Crippen molar-refractivity contribution in [3.8, 4) is 33.9 Å². The molecule has 0 atom stereocenters. The maximum atomic E-state index is 5.22. The van der Waals surface area contributed by atoms with Crippen molar-refractivity contribution in [1.82, 2.24) is 19.1 Å². The molecule has 0 saturated heterocycles. The molecule has 4 heteroatoms. The number of nitrogens with zero attached hydrogens (tertiary/aromatic N) is 4. The highest BCUT2D eigenvalue weighted by molar-refractivity contribution is 6.29. The number of benzene rings is 8. The summed E-state index contributed by atoms with van der Waals surface area (Å²) in [5, 5.41) is 7.45. The van der Waals surface area contributed by atoms with Crippen LogP contribution in [0.15, 0.2) is 182 Å². The summed E-state index contributed by atoms with van der Waals surface area (Å²) in [7, 11) is 0. The van der Waals surface area contributed by atoms with Crippen LogP contribution in [0.1, 0.15) is 0 Å². The maximum Gasteiger partial charge on any atom is 0.0973 e. The predicted molar refractivity (Wildman–Crippen MR) is 217 cm³/mol. The Labute approximate surface area is 299 Å². The van der Waals surface area contributed by atoms with E-state index in [1.807, 2.05) is 30.3 Å². The van der Waals surface area contributed by atoms with Gasteiger partial charge in [-0.05, 0) is 60.0 Å². The third kappa shape index (κ3) is 4.21. The van der Waals surface area contributed by atoms with Crippen LogP contribution in [0.25, 0.3) is 99.3 Å². The zero-order valence-corrected chi connectivity index (χ0v) is 28.1. The van der Waals surface area contributed by atoms with E-state index in [0.29, 0.717) is 0 Å². The van der Waals surface area contributed by atoms with E-state index >= 15 is 0 Å². The first-order valence-corrected chi connectivity index (χ1v) is 17.7. The van der Waals surface area contributed by atoms with Crippen molar-refractivity contribution < 1.29 is 0 Å². The lowest BCUT2D eigenvalue weighted by Crippen LogP contribution is -1.98. The van der Waals surface area contributed by atoms with E-state index in [2.05, 4.69) is 161 Å². The third-order valence-electron chi connectivity index (χ3n) is 10.5. The average molecular weight is 663 g/mol. The first-order chi connectivity index (χ1) is 25.8. The molecule has 52 heavy (non-hydrogen) atoms. The normalized spacial score (nSPS) is 11.8. The Kier molecular flexibility index (Phi) is 6.22. The summed E-state index contributed by atoms with van der Waals surface area (Å²) < 4.78 is 4.86. The molecule has 3 aromatic heterocycles. The summed E-state index contributed by atoms with van der Waals surface area (Å²) in [6, 6.07) is 64.8. The Bertz CT molecular complexity index is 3180. The van der Waals surface area contributed by atoms with Gasteiger partial charge in [0.05, 0.1) is 50.2 Å². The molecule has 0 N–H and O–H groups in total. The first-order valence-electron chi connectivity index (χ1n) is 17.7. The van der Waals surface area contributed by atoms with E-state index in [0.717, 1.165) is 44.8 Å². The van der Waals surface area contributed by atoms with E-state index < -0.39 is 0 Å².